The number of rotatable bonds is 6. The summed E-state index contributed by atoms with van der Waals surface area (Å²) in [6, 6.07) is 19.0. The molecule has 1 unspecified atom stereocenters. The topological polar surface area (TPSA) is 94.4 Å². The van der Waals surface area contributed by atoms with Gasteiger partial charge in [0.2, 0.25) is 11.9 Å². The molecule has 1 amide bonds. The van der Waals surface area contributed by atoms with Crippen LogP contribution >= 0.6 is 0 Å². The maximum atomic E-state index is 12.9. The molecule has 0 saturated heterocycles. The van der Waals surface area contributed by atoms with E-state index in [1.807, 2.05) is 25.1 Å². The van der Waals surface area contributed by atoms with E-state index in [4.69, 9.17) is 4.74 Å². The lowest BCUT2D eigenvalue weighted by Gasteiger charge is -2.19. The minimum absolute atomic E-state index is 0.0737. The minimum Gasteiger partial charge on any atom is -0.467 e. The van der Waals surface area contributed by atoms with Gasteiger partial charge in [-0.25, -0.2) is 0 Å². The number of hydrogen-bond acceptors (Lipinski definition) is 5. The molecular formula is C20H17N3O4. The fourth-order valence-corrected chi connectivity index (χ4v) is 2.48. The summed E-state index contributed by atoms with van der Waals surface area (Å²) in [4.78, 5) is 27.1. The molecular weight excluding hydrogens is 346 g/mol. The summed E-state index contributed by atoms with van der Waals surface area (Å²) in [6.07, 6.45) is 0.227. The first-order valence-electron chi connectivity index (χ1n) is 8.23. The molecule has 0 aliphatic carbocycles. The average Bonchev–Trinajstić information content (AvgIpc) is 2.68. The molecule has 27 heavy (non-hydrogen) atoms. The largest absolute Gasteiger partial charge is 0.467 e. The molecule has 3 aromatic rings. The Morgan fingerprint density at radius 1 is 1.07 bits per heavy atom. The number of ether oxygens (including phenoxy) is 1. The van der Waals surface area contributed by atoms with Gasteiger partial charge >= 0.3 is 5.82 Å². The van der Waals surface area contributed by atoms with E-state index in [0.29, 0.717) is 11.3 Å². The summed E-state index contributed by atoms with van der Waals surface area (Å²) in [5.41, 5.74) is 2.24. The number of nitrogens with one attached hydrogen (secondary N) is 1. The molecule has 3 rings (SSSR count). The van der Waals surface area contributed by atoms with E-state index < -0.39 is 22.8 Å². The van der Waals surface area contributed by atoms with Gasteiger partial charge in [-0.2, -0.15) is 0 Å². The highest BCUT2D eigenvalue weighted by Gasteiger charge is 2.27. The minimum atomic E-state index is -1.07. The predicted molar refractivity (Wildman–Crippen MR) is 101 cm³/mol. The number of carbonyl (C=O) groups excluding carboxylic acids is 1. The summed E-state index contributed by atoms with van der Waals surface area (Å²) < 4.78 is 5.73. The van der Waals surface area contributed by atoms with Crippen LogP contribution in [0.4, 0.5) is 11.5 Å². The summed E-state index contributed by atoms with van der Waals surface area (Å²) in [7, 11) is 0. The van der Waals surface area contributed by atoms with Gasteiger partial charge in [0.1, 0.15) is 6.20 Å². The maximum Gasteiger partial charge on any atom is 0.406 e. The van der Waals surface area contributed by atoms with Crippen molar-refractivity contribution >= 4 is 17.4 Å². The molecule has 0 aliphatic rings. The van der Waals surface area contributed by atoms with Crippen LogP contribution in [0.25, 0.3) is 0 Å². The predicted octanol–water partition coefficient (Wildman–Crippen LogP) is 4.06. The number of aromatic nitrogens is 1. The van der Waals surface area contributed by atoms with Crippen LogP contribution < -0.4 is 10.1 Å². The van der Waals surface area contributed by atoms with E-state index in [1.54, 1.807) is 36.4 Å². The van der Waals surface area contributed by atoms with E-state index >= 15 is 0 Å². The van der Waals surface area contributed by atoms with Gasteiger partial charge in [0, 0.05) is 11.3 Å². The quantitative estimate of drug-likeness (QED) is 0.526. The molecule has 7 nitrogen and oxygen atoms in total. The molecule has 0 fully saturated rings. The molecule has 1 aromatic heterocycles. The first-order chi connectivity index (χ1) is 13.0. The van der Waals surface area contributed by atoms with E-state index in [0.717, 1.165) is 5.56 Å². The SMILES string of the molecule is Cc1ccc(NC(=O)C(Oc2cccnc2[N+](=O)[O-])c2ccccc2)cc1. The smallest absolute Gasteiger partial charge is 0.406 e. The number of aryl methyl sites for hydroxylation is 1. The van der Waals surface area contributed by atoms with Crippen LogP contribution in [-0.4, -0.2) is 15.8 Å². The second kappa shape index (κ2) is 8.09. The van der Waals surface area contributed by atoms with E-state index in [1.165, 1.54) is 18.3 Å². The van der Waals surface area contributed by atoms with Crippen molar-refractivity contribution < 1.29 is 14.5 Å². The van der Waals surface area contributed by atoms with Crippen LogP contribution in [0.1, 0.15) is 17.2 Å². The highest BCUT2D eigenvalue weighted by Crippen LogP contribution is 2.29. The third-order valence-electron chi connectivity index (χ3n) is 3.83. The molecule has 0 saturated carbocycles. The van der Waals surface area contributed by atoms with Crippen molar-refractivity contribution in [3.05, 3.63) is 94.2 Å². The van der Waals surface area contributed by atoms with Crippen molar-refractivity contribution in [2.75, 3.05) is 5.32 Å². The average molecular weight is 363 g/mol. The van der Waals surface area contributed by atoms with Gasteiger partial charge in [-0.15, -0.1) is 0 Å². The Hall–Kier alpha value is -3.74. The number of nitro groups is 1. The Kier molecular flexibility index (Phi) is 5.41. The lowest BCUT2D eigenvalue weighted by Crippen LogP contribution is -2.26. The summed E-state index contributed by atoms with van der Waals surface area (Å²) >= 11 is 0. The summed E-state index contributed by atoms with van der Waals surface area (Å²) in [6.45, 7) is 1.95. The fourth-order valence-electron chi connectivity index (χ4n) is 2.48. The molecule has 1 atom stereocenters. The molecule has 0 radical (unpaired) electrons. The van der Waals surface area contributed by atoms with Gasteiger partial charge in [0.15, 0.2) is 0 Å². The zero-order valence-electron chi connectivity index (χ0n) is 14.5. The van der Waals surface area contributed by atoms with Gasteiger partial charge < -0.3 is 20.2 Å². The molecule has 136 valence electrons. The number of amides is 1. The summed E-state index contributed by atoms with van der Waals surface area (Å²) in [5.74, 6) is -0.958. The van der Waals surface area contributed by atoms with Gasteiger partial charge in [0.25, 0.3) is 5.91 Å². The second-order valence-corrected chi connectivity index (χ2v) is 5.85. The fraction of sp³-hybridized carbons (Fsp3) is 0.100. The number of pyridine rings is 1. The molecule has 7 heteroatoms. The molecule has 2 aromatic carbocycles. The van der Waals surface area contributed by atoms with Crippen LogP contribution in [0.5, 0.6) is 5.75 Å². The van der Waals surface area contributed by atoms with Crippen LogP contribution in [0.2, 0.25) is 0 Å². The molecule has 0 spiro atoms. The Morgan fingerprint density at radius 3 is 2.44 bits per heavy atom. The lowest BCUT2D eigenvalue weighted by atomic mass is 10.1. The highest BCUT2D eigenvalue weighted by molar-refractivity contribution is 5.95. The van der Waals surface area contributed by atoms with Gasteiger partial charge in [-0.05, 0) is 41.1 Å². The molecule has 0 aliphatic heterocycles. The van der Waals surface area contributed by atoms with Crippen molar-refractivity contribution in [1.82, 2.24) is 4.98 Å². The molecule has 1 N–H and O–H groups in total. The zero-order valence-corrected chi connectivity index (χ0v) is 14.5. The van der Waals surface area contributed by atoms with Gasteiger partial charge in [0.05, 0.1) is 0 Å². The first kappa shape index (κ1) is 18.1. The third kappa shape index (κ3) is 4.46. The number of hydrogen-bond donors (Lipinski definition) is 1. The molecule has 0 bridgehead atoms. The third-order valence-corrected chi connectivity index (χ3v) is 3.83. The van der Waals surface area contributed by atoms with Crippen molar-refractivity contribution in [2.45, 2.75) is 13.0 Å². The Balaban J connectivity index is 1.91. The second-order valence-electron chi connectivity index (χ2n) is 5.85. The first-order valence-corrected chi connectivity index (χ1v) is 8.23. The standard InChI is InChI=1S/C20H17N3O4/c1-14-9-11-16(12-10-14)22-20(24)18(15-6-3-2-4-7-15)27-17-8-5-13-21-19(17)23(25)26/h2-13,18H,1H3,(H,22,24). The van der Waals surface area contributed by atoms with Crippen molar-refractivity contribution in [2.24, 2.45) is 0 Å². The van der Waals surface area contributed by atoms with Crippen molar-refractivity contribution in [1.29, 1.82) is 0 Å². The Labute approximate surface area is 155 Å². The van der Waals surface area contributed by atoms with Crippen molar-refractivity contribution in [3.63, 3.8) is 0 Å². The lowest BCUT2D eigenvalue weighted by molar-refractivity contribution is -0.390. The Morgan fingerprint density at radius 2 is 1.78 bits per heavy atom. The number of anilines is 1. The summed E-state index contributed by atoms with van der Waals surface area (Å²) in [5, 5.41) is 14.0. The monoisotopic (exact) mass is 363 g/mol. The number of carbonyl (C=O) groups is 1. The van der Waals surface area contributed by atoms with Crippen molar-refractivity contribution in [3.8, 4) is 5.75 Å². The number of nitrogens with zero attached hydrogens (tertiary/aromatic N) is 2. The van der Waals surface area contributed by atoms with E-state index in [9.17, 15) is 14.9 Å². The van der Waals surface area contributed by atoms with Crippen LogP contribution in [-0.2, 0) is 4.79 Å². The van der Waals surface area contributed by atoms with Gasteiger partial charge in [-0.3, -0.25) is 4.79 Å². The normalized spacial score (nSPS) is 11.4. The van der Waals surface area contributed by atoms with E-state index in [-0.39, 0.29) is 5.75 Å². The van der Waals surface area contributed by atoms with Crippen LogP contribution in [0.3, 0.4) is 0 Å². The highest BCUT2D eigenvalue weighted by atomic mass is 16.6. The van der Waals surface area contributed by atoms with Crippen LogP contribution in [0.15, 0.2) is 72.9 Å². The zero-order chi connectivity index (χ0) is 19.2. The maximum absolute atomic E-state index is 12.9. The van der Waals surface area contributed by atoms with Gasteiger partial charge in [-0.1, -0.05) is 48.0 Å². The Bertz CT molecular complexity index is 943. The van der Waals surface area contributed by atoms with E-state index in [2.05, 4.69) is 10.3 Å². The number of benzene rings is 2. The molecule has 1 heterocycles. The van der Waals surface area contributed by atoms with Crippen LogP contribution in [0, 0.1) is 17.0 Å².